The summed E-state index contributed by atoms with van der Waals surface area (Å²) in [4.78, 5) is 16.1. The number of hydrogen-bond donors (Lipinski definition) is 1. The lowest BCUT2D eigenvalue weighted by Crippen LogP contribution is -2.08. The highest BCUT2D eigenvalue weighted by molar-refractivity contribution is 5.88. The molecule has 0 aliphatic carbocycles. The number of rotatable bonds is 4. The van der Waals surface area contributed by atoms with E-state index in [1.54, 1.807) is 10.6 Å². The van der Waals surface area contributed by atoms with Crippen molar-refractivity contribution in [1.29, 1.82) is 0 Å². The number of hydrogen-bond acceptors (Lipinski definition) is 3. The number of carbonyl (C=O) groups is 1. The van der Waals surface area contributed by atoms with Gasteiger partial charge in [-0.2, -0.15) is 0 Å². The number of carboxylic acid groups (broad SMARTS) is 1. The Morgan fingerprint density at radius 2 is 1.78 bits per heavy atom. The third kappa shape index (κ3) is 2.65. The van der Waals surface area contributed by atoms with Gasteiger partial charge in [-0.1, -0.05) is 24.3 Å². The topological polar surface area (TPSA) is 63.8 Å². The molecule has 0 aliphatic rings. The van der Waals surface area contributed by atoms with E-state index in [1.165, 1.54) is 0 Å². The molecule has 0 fully saturated rings. The smallest absolute Gasteiger partial charge is 0.354 e. The van der Waals surface area contributed by atoms with Gasteiger partial charge in [-0.25, -0.2) is 9.78 Å². The molecule has 1 N–H and O–H groups in total. The van der Waals surface area contributed by atoms with E-state index in [0.29, 0.717) is 11.3 Å². The zero-order valence-electron chi connectivity index (χ0n) is 13.3. The van der Waals surface area contributed by atoms with E-state index in [4.69, 9.17) is 4.74 Å². The molecule has 2 aromatic heterocycles. The molecule has 118 valence electrons. The van der Waals surface area contributed by atoms with E-state index in [0.717, 1.165) is 22.4 Å². The zero-order chi connectivity index (χ0) is 16.6. The van der Waals surface area contributed by atoms with Crippen LogP contribution in [0, 0.1) is 20.8 Å². The van der Waals surface area contributed by atoms with Crippen LogP contribution in [0.25, 0.3) is 5.65 Å². The first-order valence-corrected chi connectivity index (χ1v) is 7.38. The molecule has 0 amide bonds. The van der Waals surface area contributed by atoms with Gasteiger partial charge in [-0.15, -0.1) is 0 Å². The summed E-state index contributed by atoms with van der Waals surface area (Å²) in [5.41, 5.74) is 4.17. The highest BCUT2D eigenvalue weighted by atomic mass is 16.5. The Balaban J connectivity index is 2.02. The average molecular weight is 310 g/mol. The van der Waals surface area contributed by atoms with Crippen molar-refractivity contribution in [3.05, 3.63) is 64.6 Å². The summed E-state index contributed by atoms with van der Waals surface area (Å²) in [5, 5.41) is 9.53. The fourth-order valence-electron chi connectivity index (χ4n) is 2.75. The van der Waals surface area contributed by atoms with Crippen LogP contribution in [-0.2, 0) is 6.61 Å². The molecule has 1 aromatic carbocycles. The Labute approximate surface area is 134 Å². The zero-order valence-corrected chi connectivity index (χ0v) is 13.3. The number of nitrogens with zero attached hydrogens (tertiary/aromatic N) is 2. The van der Waals surface area contributed by atoms with Crippen molar-refractivity contribution in [1.82, 2.24) is 9.38 Å². The molecule has 0 aliphatic heterocycles. The molecule has 2 heterocycles. The molecule has 3 aromatic rings. The molecule has 0 bridgehead atoms. The summed E-state index contributed by atoms with van der Waals surface area (Å²) >= 11 is 0. The van der Waals surface area contributed by atoms with Crippen LogP contribution in [-0.4, -0.2) is 20.5 Å². The molecule has 0 radical (unpaired) electrons. The minimum absolute atomic E-state index is 0.119. The SMILES string of the molecule is Cc1cccc(C)c1OCc1nc2c(C)cccn2c1C(=O)O. The van der Waals surface area contributed by atoms with Crippen LogP contribution in [0.2, 0.25) is 0 Å². The van der Waals surface area contributed by atoms with Gasteiger partial charge in [-0.05, 0) is 43.5 Å². The highest BCUT2D eigenvalue weighted by Crippen LogP contribution is 2.24. The minimum atomic E-state index is -1.01. The van der Waals surface area contributed by atoms with E-state index in [1.807, 2.05) is 51.1 Å². The van der Waals surface area contributed by atoms with Gasteiger partial charge in [0.2, 0.25) is 0 Å². The fourth-order valence-corrected chi connectivity index (χ4v) is 2.75. The number of benzene rings is 1. The van der Waals surface area contributed by atoms with Crippen LogP contribution in [0.3, 0.4) is 0 Å². The molecular weight excluding hydrogens is 292 g/mol. The average Bonchev–Trinajstić information content (AvgIpc) is 2.87. The number of ether oxygens (including phenoxy) is 1. The van der Waals surface area contributed by atoms with Crippen LogP contribution < -0.4 is 4.74 Å². The Hall–Kier alpha value is -2.82. The lowest BCUT2D eigenvalue weighted by Gasteiger charge is -2.11. The number of aryl methyl sites for hydroxylation is 3. The lowest BCUT2D eigenvalue weighted by atomic mass is 10.1. The number of fused-ring (bicyclic) bond motifs is 1. The van der Waals surface area contributed by atoms with Crippen molar-refractivity contribution >= 4 is 11.6 Å². The quantitative estimate of drug-likeness (QED) is 0.800. The highest BCUT2D eigenvalue weighted by Gasteiger charge is 2.20. The minimum Gasteiger partial charge on any atom is -0.487 e. The Kier molecular flexibility index (Phi) is 3.78. The van der Waals surface area contributed by atoms with E-state index in [2.05, 4.69) is 4.98 Å². The summed E-state index contributed by atoms with van der Waals surface area (Å²) in [6.07, 6.45) is 1.71. The fraction of sp³-hybridized carbons (Fsp3) is 0.222. The van der Waals surface area contributed by atoms with Crippen molar-refractivity contribution in [2.24, 2.45) is 0 Å². The molecular formula is C18H18N2O3. The largest absolute Gasteiger partial charge is 0.487 e. The normalized spacial score (nSPS) is 10.9. The van der Waals surface area contributed by atoms with Gasteiger partial charge in [0.05, 0.1) is 0 Å². The monoisotopic (exact) mass is 310 g/mol. The Morgan fingerprint density at radius 1 is 1.13 bits per heavy atom. The number of carboxylic acids is 1. The predicted molar refractivity (Wildman–Crippen MR) is 87.1 cm³/mol. The van der Waals surface area contributed by atoms with Crippen LogP contribution in [0.1, 0.15) is 32.9 Å². The Bertz CT molecular complexity index is 876. The second-order valence-corrected chi connectivity index (χ2v) is 5.61. The molecule has 23 heavy (non-hydrogen) atoms. The number of imidazole rings is 1. The molecule has 5 heteroatoms. The van der Waals surface area contributed by atoms with Gasteiger partial charge in [0.25, 0.3) is 0 Å². The van der Waals surface area contributed by atoms with Crippen molar-refractivity contribution in [2.45, 2.75) is 27.4 Å². The van der Waals surface area contributed by atoms with Crippen LogP contribution in [0.15, 0.2) is 36.5 Å². The summed E-state index contributed by atoms with van der Waals surface area (Å²) < 4.78 is 7.47. The summed E-state index contributed by atoms with van der Waals surface area (Å²) in [6.45, 7) is 5.96. The second-order valence-electron chi connectivity index (χ2n) is 5.61. The van der Waals surface area contributed by atoms with E-state index in [9.17, 15) is 9.90 Å². The molecule has 3 rings (SSSR count). The molecule has 0 saturated carbocycles. The van der Waals surface area contributed by atoms with Crippen LogP contribution >= 0.6 is 0 Å². The van der Waals surface area contributed by atoms with Gasteiger partial charge < -0.3 is 9.84 Å². The molecule has 0 saturated heterocycles. The number of aromatic nitrogens is 2. The van der Waals surface area contributed by atoms with Crippen molar-refractivity contribution in [2.75, 3.05) is 0 Å². The number of pyridine rings is 1. The van der Waals surface area contributed by atoms with Crippen molar-refractivity contribution in [3.8, 4) is 5.75 Å². The number of aromatic carboxylic acids is 1. The first kappa shape index (κ1) is 15.1. The maximum atomic E-state index is 11.6. The van der Waals surface area contributed by atoms with Crippen molar-refractivity contribution < 1.29 is 14.6 Å². The van der Waals surface area contributed by atoms with E-state index in [-0.39, 0.29) is 12.3 Å². The first-order chi connectivity index (χ1) is 11.0. The van der Waals surface area contributed by atoms with Gasteiger partial charge in [-0.3, -0.25) is 4.40 Å². The Morgan fingerprint density at radius 3 is 2.43 bits per heavy atom. The first-order valence-electron chi connectivity index (χ1n) is 7.38. The maximum absolute atomic E-state index is 11.6. The maximum Gasteiger partial charge on any atom is 0.354 e. The second kappa shape index (κ2) is 5.76. The lowest BCUT2D eigenvalue weighted by molar-refractivity contribution is 0.0686. The van der Waals surface area contributed by atoms with E-state index < -0.39 is 5.97 Å². The third-order valence-corrected chi connectivity index (χ3v) is 3.88. The van der Waals surface area contributed by atoms with Gasteiger partial charge in [0, 0.05) is 6.20 Å². The molecule has 0 unspecified atom stereocenters. The van der Waals surface area contributed by atoms with Gasteiger partial charge >= 0.3 is 5.97 Å². The van der Waals surface area contributed by atoms with Crippen LogP contribution in [0.4, 0.5) is 0 Å². The predicted octanol–water partition coefficient (Wildman–Crippen LogP) is 3.54. The summed E-state index contributed by atoms with van der Waals surface area (Å²) in [5.74, 6) is -0.235. The molecule has 0 atom stereocenters. The standard InChI is InChI=1S/C18H18N2O3/c1-11-6-4-7-12(2)16(11)23-10-14-15(18(21)22)20-9-5-8-13(3)17(20)19-14/h4-9H,10H2,1-3H3,(H,21,22). The van der Waals surface area contributed by atoms with E-state index >= 15 is 0 Å². The molecule has 0 spiro atoms. The molecule has 5 nitrogen and oxygen atoms in total. The third-order valence-electron chi connectivity index (χ3n) is 3.88. The van der Waals surface area contributed by atoms with Crippen LogP contribution in [0.5, 0.6) is 5.75 Å². The van der Waals surface area contributed by atoms with Crippen molar-refractivity contribution in [3.63, 3.8) is 0 Å². The summed E-state index contributed by atoms with van der Waals surface area (Å²) in [7, 11) is 0. The summed E-state index contributed by atoms with van der Waals surface area (Å²) in [6, 6.07) is 9.62. The van der Waals surface area contributed by atoms with Gasteiger partial charge in [0.15, 0.2) is 5.69 Å². The van der Waals surface area contributed by atoms with Gasteiger partial charge in [0.1, 0.15) is 23.7 Å². The number of para-hydroxylation sites is 1.